The van der Waals surface area contributed by atoms with Crippen LogP contribution in [0.4, 0.5) is 5.00 Å². The van der Waals surface area contributed by atoms with E-state index in [-0.39, 0.29) is 18.3 Å². The Morgan fingerprint density at radius 1 is 1.21 bits per heavy atom. The van der Waals surface area contributed by atoms with Crippen molar-refractivity contribution in [2.45, 2.75) is 50.8 Å². The number of rotatable bonds is 8. The monoisotopic (exact) mass is 500 g/mol. The second kappa shape index (κ2) is 11.1. The number of nitrogens with one attached hydrogen (secondary N) is 1. The molecule has 4 rings (SSSR count). The van der Waals surface area contributed by atoms with Crippen LogP contribution in [0, 0.1) is 6.92 Å². The lowest BCUT2D eigenvalue weighted by atomic mass is 10.1. The fraction of sp³-hybridized carbons (Fsp3) is 0.417. The number of ether oxygens (including phenoxy) is 2. The van der Waals surface area contributed by atoms with Crippen LogP contribution in [0.15, 0.2) is 29.4 Å². The van der Waals surface area contributed by atoms with E-state index in [9.17, 15) is 9.59 Å². The van der Waals surface area contributed by atoms with Crippen LogP contribution in [0.1, 0.15) is 51.4 Å². The summed E-state index contributed by atoms with van der Waals surface area (Å²) >= 11 is 2.78. The van der Waals surface area contributed by atoms with Crippen LogP contribution in [0.5, 0.6) is 5.75 Å². The quantitative estimate of drug-likeness (QED) is 0.275. The summed E-state index contributed by atoms with van der Waals surface area (Å²) in [6.07, 6.45) is 5.06. The molecule has 0 spiro atoms. The number of carbonyl (C=O) groups is 2. The van der Waals surface area contributed by atoms with Crippen molar-refractivity contribution in [3.63, 3.8) is 0 Å². The average molecular weight is 501 g/mol. The molecule has 1 N–H and O–H groups in total. The van der Waals surface area contributed by atoms with Crippen molar-refractivity contribution in [3.8, 4) is 5.75 Å². The summed E-state index contributed by atoms with van der Waals surface area (Å²) in [5, 5.41) is 12.5. The van der Waals surface area contributed by atoms with Crippen LogP contribution in [-0.2, 0) is 36.0 Å². The Hall–Kier alpha value is -2.85. The highest BCUT2D eigenvalue weighted by atomic mass is 32.2. The van der Waals surface area contributed by atoms with Gasteiger partial charge in [0.15, 0.2) is 11.0 Å². The molecular weight excluding hydrogens is 472 g/mol. The summed E-state index contributed by atoms with van der Waals surface area (Å²) in [7, 11) is 3.22. The molecule has 0 aliphatic heterocycles. The summed E-state index contributed by atoms with van der Waals surface area (Å²) in [4.78, 5) is 26.4. The summed E-state index contributed by atoms with van der Waals surface area (Å²) < 4.78 is 12.6. The predicted octanol–water partition coefficient (Wildman–Crippen LogP) is 4.55. The number of nitrogens with zero attached hydrogens (tertiary/aromatic N) is 3. The molecule has 1 amide bonds. The van der Waals surface area contributed by atoms with E-state index in [0.717, 1.165) is 49.0 Å². The van der Waals surface area contributed by atoms with E-state index in [2.05, 4.69) is 15.5 Å². The Morgan fingerprint density at radius 3 is 2.82 bits per heavy atom. The highest BCUT2D eigenvalue weighted by Gasteiger charge is 2.26. The first-order valence-corrected chi connectivity index (χ1v) is 13.0. The molecule has 0 fully saturated rings. The van der Waals surface area contributed by atoms with Gasteiger partial charge in [-0.1, -0.05) is 30.3 Å². The highest BCUT2D eigenvalue weighted by molar-refractivity contribution is 7.99. The van der Waals surface area contributed by atoms with Crippen molar-refractivity contribution in [3.05, 3.63) is 51.7 Å². The zero-order valence-corrected chi connectivity index (χ0v) is 21.2. The molecule has 180 valence electrons. The van der Waals surface area contributed by atoms with Crippen LogP contribution in [0.25, 0.3) is 0 Å². The predicted molar refractivity (Wildman–Crippen MR) is 133 cm³/mol. The van der Waals surface area contributed by atoms with Crippen molar-refractivity contribution < 1.29 is 19.1 Å². The second-order valence-electron chi connectivity index (χ2n) is 8.16. The molecule has 2 heterocycles. The van der Waals surface area contributed by atoms with Crippen LogP contribution in [0.2, 0.25) is 0 Å². The lowest BCUT2D eigenvalue weighted by Crippen LogP contribution is -2.16. The van der Waals surface area contributed by atoms with Gasteiger partial charge in [0, 0.05) is 11.9 Å². The maximum atomic E-state index is 12.7. The lowest BCUT2D eigenvalue weighted by Gasteiger charge is -2.08. The van der Waals surface area contributed by atoms with Crippen LogP contribution in [0.3, 0.4) is 0 Å². The van der Waals surface area contributed by atoms with Gasteiger partial charge in [-0.3, -0.25) is 4.79 Å². The number of carbonyl (C=O) groups excluding carboxylic acids is 2. The third-order valence-corrected chi connectivity index (χ3v) is 7.91. The topological polar surface area (TPSA) is 95.3 Å². The molecule has 0 saturated heterocycles. The first kappa shape index (κ1) is 24.3. The molecule has 3 aromatic rings. The maximum absolute atomic E-state index is 12.7. The minimum atomic E-state index is -0.395. The standard InChI is InChI=1S/C24H28N4O4S2/c1-15-8-7-9-16(12-15)32-13-19-26-27-24(28(19)2)33-14-20(29)25-22-21(23(30)31-3)17-10-5-4-6-11-18(17)34-22/h7-9,12H,4-6,10-11,13-14H2,1-3H3,(H,25,29). The molecular formula is C24H28N4O4S2. The third-order valence-electron chi connectivity index (χ3n) is 5.68. The van der Waals surface area contributed by atoms with Gasteiger partial charge in [-0.05, 0) is 55.9 Å². The molecule has 1 aromatic carbocycles. The molecule has 8 nitrogen and oxygen atoms in total. The number of anilines is 1. The molecule has 2 aromatic heterocycles. The van der Waals surface area contributed by atoms with Gasteiger partial charge in [-0.15, -0.1) is 21.5 Å². The van der Waals surface area contributed by atoms with Gasteiger partial charge in [0.1, 0.15) is 17.4 Å². The Labute approximate surface area is 207 Å². The molecule has 0 atom stereocenters. The Morgan fingerprint density at radius 2 is 2.03 bits per heavy atom. The number of fused-ring (bicyclic) bond motifs is 1. The van der Waals surface area contributed by atoms with Gasteiger partial charge in [0.05, 0.1) is 18.4 Å². The minimum absolute atomic E-state index is 0.147. The zero-order chi connectivity index (χ0) is 24.1. The summed E-state index contributed by atoms with van der Waals surface area (Å²) in [5.74, 6) is 0.987. The molecule has 0 bridgehead atoms. The second-order valence-corrected chi connectivity index (χ2v) is 10.2. The van der Waals surface area contributed by atoms with E-state index in [0.29, 0.717) is 21.5 Å². The fourth-order valence-electron chi connectivity index (χ4n) is 3.89. The number of esters is 1. The average Bonchev–Trinajstić information content (AvgIpc) is 3.25. The number of benzene rings is 1. The molecule has 0 saturated carbocycles. The van der Waals surface area contributed by atoms with Crippen molar-refractivity contribution in [2.75, 3.05) is 18.2 Å². The fourth-order valence-corrected chi connectivity index (χ4v) is 5.91. The van der Waals surface area contributed by atoms with E-state index in [4.69, 9.17) is 9.47 Å². The number of hydrogen-bond donors (Lipinski definition) is 1. The van der Waals surface area contributed by atoms with E-state index in [1.54, 1.807) is 0 Å². The van der Waals surface area contributed by atoms with Crippen molar-refractivity contribution in [1.29, 1.82) is 0 Å². The summed E-state index contributed by atoms with van der Waals surface area (Å²) in [5.41, 5.74) is 2.66. The summed E-state index contributed by atoms with van der Waals surface area (Å²) in [6.45, 7) is 2.29. The number of aromatic nitrogens is 3. The molecule has 34 heavy (non-hydrogen) atoms. The first-order valence-electron chi connectivity index (χ1n) is 11.2. The number of methoxy groups -OCH3 is 1. The van der Waals surface area contributed by atoms with Gasteiger partial charge in [-0.25, -0.2) is 4.79 Å². The maximum Gasteiger partial charge on any atom is 0.341 e. The number of aryl methyl sites for hydroxylation is 2. The van der Waals surface area contributed by atoms with Gasteiger partial charge in [-0.2, -0.15) is 0 Å². The van der Waals surface area contributed by atoms with Gasteiger partial charge >= 0.3 is 5.97 Å². The smallest absolute Gasteiger partial charge is 0.341 e. The summed E-state index contributed by atoms with van der Waals surface area (Å²) in [6, 6.07) is 7.81. The number of thiophene rings is 1. The van der Waals surface area contributed by atoms with E-state index in [1.165, 1.54) is 35.1 Å². The number of hydrogen-bond acceptors (Lipinski definition) is 8. The molecule has 10 heteroatoms. The van der Waals surface area contributed by atoms with Gasteiger partial charge in [0.25, 0.3) is 0 Å². The highest BCUT2D eigenvalue weighted by Crippen LogP contribution is 2.38. The Bertz CT molecular complexity index is 1190. The molecule has 0 unspecified atom stereocenters. The number of amides is 1. The van der Waals surface area contributed by atoms with E-state index < -0.39 is 5.97 Å². The molecule has 1 aliphatic carbocycles. The Balaban J connectivity index is 1.38. The SMILES string of the molecule is COC(=O)c1c(NC(=O)CSc2nnc(COc3cccc(C)c3)n2C)sc2c1CCCCC2. The van der Waals surface area contributed by atoms with Crippen molar-refractivity contribution >= 4 is 40.0 Å². The van der Waals surface area contributed by atoms with E-state index >= 15 is 0 Å². The van der Waals surface area contributed by atoms with E-state index in [1.807, 2.05) is 42.8 Å². The van der Waals surface area contributed by atoms with Crippen molar-refractivity contribution in [1.82, 2.24) is 14.8 Å². The minimum Gasteiger partial charge on any atom is -0.486 e. The molecule has 0 radical (unpaired) electrons. The zero-order valence-electron chi connectivity index (χ0n) is 19.6. The van der Waals surface area contributed by atoms with Crippen LogP contribution >= 0.6 is 23.1 Å². The largest absolute Gasteiger partial charge is 0.486 e. The Kier molecular flexibility index (Phi) is 7.89. The van der Waals surface area contributed by atoms with Crippen LogP contribution in [-0.4, -0.2) is 39.5 Å². The molecule has 1 aliphatic rings. The normalized spacial score (nSPS) is 13.1. The van der Waals surface area contributed by atoms with Crippen LogP contribution < -0.4 is 10.1 Å². The van der Waals surface area contributed by atoms with Crippen molar-refractivity contribution in [2.24, 2.45) is 7.05 Å². The number of thioether (sulfide) groups is 1. The first-order chi connectivity index (χ1) is 16.5. The van der Waals surface area contributed by atoms with Gasteiger partial charge in [0.2, 0.25) is 5.91 Å². The third kappa shape index (κ3) is 5.61. The van der Waals surface area contributed by atoms with Gasteiger partial charge < -0.3 is 19.4 Å². The lowest BCUT2D eigenvalue weighted by molar-refractivity contribution is -0.113.